The normalized spacial score (nSPS) is 15.4. The zero-order valence-electron chi connectivity index (χ0n) is 9.60. The first-order valence-electron chi connectivity index (χ1n) is 5.84. The topological polar surface area (TPSA) is 59.2 Å². The first-order valence-corrected chi connectivity index (χ1v) is 5.84. The fourth-order valence-corrected chi connectivity index (χ4v) is 1.98. The van der Waals surface area contributed by atoms with Crippen LogP contribution in [0.3, 0.4) is 0 Å². The number of nitrogens with zero attached hydrogens (tertiary/aromatic N) is 2. The summed E-state index contributed by atoms with van der Waals surface area (Å²) >= 11 is 0. The summed E-state index contributed by atoms with van der Waals surface area (Å²) in [6.45, 7) is 0.936. The largest absolute Gasteiger partial charge is 0.334 e. The molecular weight excluding hydrogens is 221 g/mol. The minimum absolute atomic E-state index is 0.174. The van der Waals surface area contributed by atoms with Crippen molar-refractivity contribution in [3.05, 3.63) is 29.8 Å². The van der Waals surface area contributed by atoms with Crippen molar-refractivity contribution in [2.75, 3.05) is 13.1 Å². The second-order valence-electron chi connectivity index (χ2n) is 4.26. The molecular formula is C12H16FN3O. The average Bonchev–Trinajstić information content (AvgIpc) is 2.25. The molecule has 5 heteroatoms. The molecule has 0 atom stereocenters. The molecule has 1 aromatic heterocycles. The predicted molar refractivity (Wildman–Crippen MR) is 61.9 cm³/mol. The van der Waals surface area contributed by atoms with Crippen molar-refractivity contribution in [3.63, 3.8) is 0 Å². The Kier molecular flexibility index (Phi) is 3.68. The molecule has 1 aliphatic carbocycles. The number of aromatic nitrogens is 1. The Hall–Kier alpha value is -1.49. The quantitative estimate of drug-likeness (QED) is 0.855. The first kappa shape index (κ1) is 12.0. The van der Waals surface area contributed by atoms with Crippen LogP contribution in [0.5, 0.6) is 0 Å². The maximum atomic E-state index is 13.0. The highest BCUT2D eigenvalue weighted by Gasteiger charge is 2.28. The fraction of sp³-hybridized carbons (Fsp3) is 0.500. The Bertz CT molecular complexity index is 406. The van der Waals surface area contributed by atoms with Crippen LogP contribution in [0.25, 0.3) is 0 Å². The summed E-state index contributed by atoms with van der Waals surface area (Å²) < 4.78 is 13.0. The van der Waals surface area contributed by atoms with Crippen molar-refractivity contribution in [3.8, 4) is 0 Å². The molecule has 1 heterocycles. The summed E-state index contributed by atoms with van der Waals surface area (Å²) in [5, 5.41) is 0. The molecule has 0 radical (unpaired) electrons. The Balaban J connectivity index is 2.15. The van der Waals surface area contributed by atoms with E-state index in [2.05, 4.69) is 4.98 Å². The van der Waals surface area contributed by atoms with E-state index < -0.39 is 5.82 Å². The lowest BCUT2D eigenvalue weighted by molar-refractivity contribution is 0.0587. The highest BCUT2D eigenvalue weighted by atomic mass is 19.1. The summed E-state index contributed by atoms with van der Waals surface area (Å²) in [5.41, 5.74) is 5.80. The van der Waals surface area contributed by atoms with Gasteiger partial charge in [-0.2, -0.15) is 0 Å². The summed E-state index contributed by atoms with van der Waals surface area (Å²) in [6, 6.07) is 1.48. The molecule has 1 fully saturated rings. The molecule has 0 aromatic carbocycles. The lowest BCUT2D eigenvalue weighted by Crippen LogP contribution is -2.46. The molecule has 1 aromatic rings. The van der Waals surface area contributed by atoms with Gasteiger partial charge in [0.05, 0.1) is 11.8 Å². The van der Waals surface area contributed by atoms with Crippen LogP contribution in [0, 0.1) is 5.82 Å². The van der Waals surface area contributed by atoms with E-state index in [1.807, 2.05) is 0 Å². The Morgan fingerprint density at radius 1 is 1.53 bits per heavy atom. The Labute approximate surface area is 99.6 Å². The van der Waals surface area contributed by atoms with Gasteiger partial charge in [-0.05, 0) is 25.3 Å². The molecule has 0 spiro atoms. The third kappa shape index (κ3) is 2.61. The number of carbonyl (C=O) groups excluding carboxylic acids is 1. The maximum absolute atomic E-state index is 13.0. The molecule has 2 rings (SSSR count). The number of hydrogen-bond donors (Lipinski definition) is 1. The van der Waals surface area contributed by atoms with Crippen LogP contribution < -0.4 is 5.73 Å². The predicted octanol–water partition coefficient (Wildman–Crippen LogP) is 1.17. The number of halogens is 1. The van der Waals surface area contributed by atoms with Crippen molar-refractivity contribution < 1.29 is 9.18 Å². The fourth-order valence-electron chi connectivity index (χ4n) is 1.98. The van der Waals surface area contributed by atoms with Gasteiger partial charge in [-0.1, -0.05) is 0 Å². The number of pyridine rings is 1. The molecule has 0 saturated heterocycles. The van der Waals surface area contributed by atoms with Crippen LogP contribution >= 0.6 is 0 Å². The molecule has 1 aliphatic rings. The van der Waals surface area contributed by atoms with E-state index in [0.717, 1.165) is 25.5 Å². The van der Waals surface area contributed by atoms with Gasteiger partial charge in [0.2, 0.25) is 0 Å². The number of carbonyl (C=O) groups is 1. The lowest BCUT2D eigenvalue weighted by atomic mass is 9.91. The second-order valence-corrected chi connectivity index (χ2v) is 4.26. The third-order valence-electron chi connectivity index (χ3n) is 3.10. The SMILES string of the molecule is NCCN(C(=O)c1cncc(F)c1)C1CCC1. The average molecular weight is 237 g/mol. The molecule has 92 valence electrons. The summed E-state index contributed by atoms with van der Waals surface area (Å²) in [6.07, 6.45) is 5.64. The van der Waals surface area contributed by atoms with Crippen molar-refractivity contribution in [2.45, 2.75) is 25.3 Å². The van der Waals surface area contributed by atoms with Gasteiger partial charge in [-0.25, -0.2) is 4.39 Å². The van der Waals surface area contributed by atoms with Gasteiger partial charge >= 0.3 is 0 Å². The van der Waals surface area contributed by atoms with Crippen molar-refractivity contribution >= 4 is 5.91 Å². The number of nitrogens with two attached hydrogens (primary N) is 1. The van der Waals surface area contributed by atoms with Gasteiger partial charge in [-0.15, -0.1) is 0 Å². The molecule has 17 heavy (non-hydrogen) atoms. The van der Waals surface area contributed by atoms with Gasteiger partial charge in [0, 0.05) is 25.3 Å². The van der Waals surface area contributed by atoms with E-state index in [1.54, 1.807) is 4.90 Å². The summed E-state index contributed by atoms with van der Waals surface area (Å²) in [5.74, 6) is -0.663. The van der Waals surface area contributed by atoms with Crippen LogP contribution in [0.1, 0.15) is 29.6 Å². The zero-order chi connectivity index (χ0) is 12.3. The van der Waals surface area contributed by atoms with Crippen LogP contribution in [-0.2, 0) is 0 Å². The molecule has 2 N–H and O–H groups in total. The number of hydrogen-bond acceptors (Lipinski definition) is 3. The molecule has 0 unspecified atom stereocenters. The highest BCUT2D eigenvalue weighted by Crippen LogP contribution is 2.25. The second kappa shape index (κ2) is 5.23. The Morgan fingerprint density at radius 2 is 2.29 bits per heavy atom. The van der Waals surface area contributed by atoms with E-state index >= 15 is 0 Å². The van der Waals surface area contributed by atoms with Crippen molar-refractivity contribution in [1.82, 2.24) is 9.88 Å². The molecule has 0 aliphatic heterocycles. The van der Waals surface area contributed by atoms with Gasteiger partial charge in [-0.3, -0.25) is 9.78 Å². The van der Waals surface area contributed by atoms with Gasteiger partial charge < -0.3 is 10.6 Å². The third-order valence-corrected chi connectivity index (χ3v) is 3.10. The van der Waals surface area contributed by atoms with Crippen molar-refractivity contribution in [2.24, 2.45) is 5.73 Å². The number of rotatable bonds is 4. The van der Waals surface area contributed by atoms with Crippen LogP contribution in [0.2, 0.25) is 0 Å². The smallest absolute Gasteiger partial charge is 0.255 e. The van der Waals surface area contributed by atoms with E-state index in [0.29, 0.717) is 18.7 Å². The van der Waals surface area contributed by atoms with Gasteiger partial charge in [0.15, 0.2) is 0 Å². The standard InChI is InChI=1S/C12H16FN3O/c13-10-6-9(7-15-8-10)12(17)16(5-4-14)11-2-1-3-11/h6-8,11H,1-5,14H2. The highest BCUT2D eigenvalue weighted by molar-refractivity contribution is 5.94. The maximum Gasteiger partial charge on any atom is 0.255 e. The van der Waals surface area contributed by atoms with Gasteiger partial charge in [0.1, 0.15) is 5.82 Å². The zero-order valence-corrected chi connectivity index (χ0v) is 9.60. The van der Waals surface area contributed by atoms with E-state index in [4.69, 9.17) is 5.73 Å². The minimum atomic E-state index is -0.489. The lowest BCUT2D eigenvalue weighted by Gasteiger charge is -2.37. The number of amides is 1. The van der Waals surface area contributed by atoms with Crippen LogP contribution in [-0.4, -0.2) is 34.9 Å². The molecule has 4 nitrogen and oxygen atoms in total. The van der Waals surface area contributed by atoms with E-state index in [9.17, 15) is 9.18 Å². The van der Waals surface area contributed by atoms with Crippen molar-refractivity contribution in [1.29, 1.82) is 0 Å². The van der Waals surface area contributed by atoms with Crippen LogP contribution in [0.15, 0.2) is 18.5 Å². The van der Waals surface area contributed by atoms with Gasteiger partial charge in [0.25, 0.3) is 5.91 Å². The first-order chi connectivity index (χ1) is 8.22. The summed E-state index contributed by atoms with van der Waals surface area (Å²) in [7, 11) is 0. The molecule has 1 amide bonds. The Morgan fingerprint density at radius 3 is 2.82 bits per heavy atom. The monoisotopic (exact) mass is 237 g/mol. The minimum Gasteiger partial charge on any atom is -0.334 e. The van der Waals surface area contributed by atoms with E-state index in [-0.39, 0.29) is 11.9 Å². The van der Waals surface area contributed by atoms with E-state index in [1.165, 1.54) is 12.3 Å². The molecule has 1 saturated carbocycles. The summed E-state index contributed by atoms with van der Waals surface area (Å²) in [4.78, 5) is 17.6. The molecule has 0 bridgehead atoms. The van der Waals surface area contributed by atoms with Crippen LogP contribution in [0.4, 0.5) is 4.39 Å².